The molecule has 238 valence electrons. The molecule has 2 unspecified atom stereocenters. The van der Waals surface area contributed by atoms with Crippen molar-refractivity contribution >= 4 is 35.4 Å². The molecule has 4 atom stereocenters. The van der Waals surface area contributed by atoms with Gasteiger partial charge in [-0.05, 0) is 30.7 Å². The van der Waals surface area contributed by atoms with Crippen LogP contribution in [0.25, 0.3) is 0 Å². The first-order valence-electron chi connectivity index (χ1n) is 14.8. The van der Waals surface area contributed by atoms with Gasteiger partial charge in [-0.2, -0.15) is 0 Å². The Kier molecular flexibility index (Phi) is 13.0. The van der Waals surface area contributed by atoms with Crippen LogP contribution in [-0.4, -0.2) is 75.1 Å². The van der Waals surface area contributed by atoms with E-state index in [-0.39, 0.29) is 18.8 Å². The Labute approximate surface area is 255 Å². The Hall–Kier alpha value is -4.59. The molecule has 1 heterocycles. The number of carboxylic acids is 1. The Balaban J connectivity index is 1.62. The monoisotopic (exact) mass is 611 g/mol. The van der Waals surface area contributed by atoms with Crippen molar-refractivity contribution in [3.8, 4) is 0 Å². The number of Topliss-reactive ketones (excluding diaryl/α,β-unsaturated/α-hetero) is 1. The maximum atomic E-state index is 13.4. The molecule has 0 aliphatic heterocycles. The summed E-state index contributed by atoms with van der Waals surface area (Å²) in [7, 11) is 0. The van der Waals surface area contributed by atoms with Crippen LogP contribution in [0, 0.1) is 5.92 Å². The first kappa shape index (κ1) is 33.9. The van der Waals surface area contributed by atoms with Crippen molar-refractivity contribution in [3.05, 3.63) is 54.1 Å². The topological polar surface area (TPSA) is 225 Å². The summed E-state index contributed by atoms with van der Waals surface area (Å²) in [5.74, 6) is -5.39. The summed E-state index contributed by atoms with van der Waals surface area (Å²) in [4.78, 5) is 83.1. The molecule has 0 radical (unpaired) electrons. The van der Waals surface area contributed by atoms with Gasteiger partial charge in [0.25, 0.3) is 5.91 Å². The maximum absolute atomic E-state index is 13.4. The number of H-pyrrole nitrogens is 1. The number of nitrogens with zero attached hydrogens (tertiary/aromatic N) is 1. The number of hydrogen-bond donors (Lipinski definition) is 7. The van der Waals surface area contributed by atoms with Crippen LogP contribution in [-0.2, 0) is 35.2 Å². The lowest BCUT2D eigenvalue weighted by Gasteiger charge is -2.28. The van der Waals surface area contributed by atoms with Crippen molar-refractivity contribution in [3.63, 3.8) is 0 Å². The van der Waals surface area contributed by atoms with Crippen LogP contribution in [0.15, 0.2) is 42.9 Å². The number of carbonyl (C=O) groups excluding carboxylic acids is 5. The average molecular weight is 612 g/mol. The van der Waals surface area contributed by atoms with Crippen LogP contribution in [0.1, 0.15) is 69.2 Å². The molecule has 0 bridgehead atoms. The van der Waals surface area contributed by atoms with Gasteiger partial charge < -0.3 is 37.1 Å². The van der Waals surface area contributed by atoms with Crippen molar-refractivity contribution < 1.29 is 33.9 Å². The van der Waals surface area contributed by atoms with Gasteiger partial charge in [0, 0.05) is 18.3 Å². The van der Waals surface area contributed by atoms with Crippen molar-refractivity contribution in [2.75, 3.05) is 6.54 Å². The lowest BCUT2D eigenvalue weighted by atomic mass is 9.84. The number of carboxylic acid groups (broad SMARTS) is 1. The number of aromatic amines is 1. The van der Waals surface area contributed by atoms with Crippen LogP contribution in [0.5, 0.6) is 0 Å². The van der Waals surface area contributed by atoms with E-state index in [4.69, 9.17) is 5.73 Å². The molecule has 1 aromatic carbocycles. The van der Waals surface area contributed by atoms with Gasteiger partial charge in [-0.1, -0.05) is 62.9 Å². The molecule has 0 saturated heterocycles. The standard InChI is InChI=1S/C30H41N7O7/c1-2-9-21(26(39)29(42)33-16-23(38)37-25(30(43)44)19-12-7-4-8-13-19)35-27(40)22(14-20-15-32-17-34-20)36-28(41)24(31)18-10-5-3-6-11-18/h4,7-8,12-13,15,17-18,21-22,24-25H,2-3,5-6,9-11,14,16,31H2,1H3,(H,32,34)(H,33,42)(H,35,40)(H,36,41)(H,37,38)(H,43,44)/t21?,22?,24-,25-/m0/s1. The molecule has 2 aromatic rings. The fourth-order valence-corrected chi connectivity index (χ4v) is 5.18. The molecule has 1 aliphatic rings. The van der Waals surface area contributed by atoms with Crippen molar-refractivity contribution in [1.82, 2.24) is 31.2 Å². The van der Waals surface area contributed by atoms with Gasteiger partial charge >= 0.3 is 5.97 Å². The van der Waals surface area contributed by atoms with E-state index in [1.54, 1.807) is 25.1 Å². The SMILES string of the molecule is CCCC(NC(=O)C(Cc1cnc[nH]1)NC(=O)[C@@H](N)C1CCCCC1)C(=O)C(=O)NCC(=O)N[C@H](C(=O)O)c1ccccc1. The lowest BCUT2D eigenvalue weighted by Crippen LogP contribution is -2.57. The molecular weight excluding hydrogens is 570 g/mol. The van der Waals surface area contributed by atoms with Gasteiger partial charge in [0.2, 0.25) is 23.5 Å². The van der Waals surface area contributed by atoms with E-state index < -0.39 is 66.1 Å². The molecule has 14 heteroatoms. The van der Waals surface area contributed by atoms with Crippen LogP contribution < -0.4 is 27.0 Å². The first-order valence-corrected chi connectivity index (χ1v) is 14.8. The molecular formula is C30H41N7O7. The molecule has 1 saturated carbocycles. The van der Waals surface area contributed by atoms with Gasteiger partial charge in [0.15, 0.2) is 6.04 Å². The fourth-order valence-electron chi connectivity index (χ4n) is 5.18. The third kappa shape index (κ3) is 10.0. The molecule has 0 spiro atoms. The summed E-state index contributed by atoms with van der Waals surface area (Å²) >= 11 is 0. The van der Waals surface area contributed by atoms with Gasteiger partial charge in [0.1, 0.15) is 6.04 Å². The van der Waals surface area contributed by atoms with E-state index in [0.717, 1.165) is 32.1 Å². The van der Waals surface area contributed by atoms with Crippen LogP contribution in [0.2, 0.25) is 0 Å². The number of aliphatic carboxylic acids is 1. The third-order valence-corrected chi connectivity index (χ3v) is 7.60. The van der Waals surface area contributed by atoms with Gasteiger partial charge in [-0.15, -0.1) is 0 Å². The molecule has 14 nitrogen and oxygen atoms in total. The van der Waals surface area contributed by atoms with Crippen molar-refractivity contribution in [1.29, 1.82) is 0 Å². The number of amides is 4. The highest BCUT2D eigenvalue weighted by Gasteiger charge is 2.33. The molecule has 3 rings (SSSR count). The van der Waals surface area contributed by atoms with Crippen molar-refractivity contribution in [2.24, 2.45) is 11.7 Å². The number of aromatic nitrogens is 2. The molecule has 1 aliphatic carbocycles. The van der Waals surface area contributed by atoms with Crippen LogP contribution in [0.3, 0.4) is 0 Å². The number of benzene rings is 1. The van der Waals surface area contributed by atoms with Gasteiger partial charge in [-0.25, -0.2) is 9.78 Å². The Morgan fingerprint density at radius 3 is 2.27 bits per heavy atom. The number of ketones is 1. The van der Waals surface area contributed by atoms with E-state index in [2.05, 4.69) is 31.2 Å². The number of nitrogens with two attached hydrogens (primary N) is 1. The molecule has 4 amide bonds. The minimum Gasteiger partial charge on any atom is -0.479 e. The largest absolute Gasteiger partial charge is 0.479 e. The number of rotatable bonds is 16. The van der Waals surface area contributed by atoms with E-state index in [1.165, 1.54) is 24.7 Å². The second kappa shape index (κ2) is 16.9. The van der Waals surface area contributed by atoms with E-state index >= 15 is 0 Å². The quantitative estimate of drug-likeness (QED) is 0.129. The summed E-state index contributed by atoms with van der Waals surface area (Å²) in [5.41, 5.74) is 7.15. The third-order valence-electron chi connectivity index (χ3n) is 7.60. The smallest absolute Gasteiger partial charge is 0.330 e. The fraction of sp³-hybridized carbons (Fsp3) is 0.500. The molecule has 1 aromatic heterocycles. The van der Waals surface area contributed by atoms with E-state index in [1.807, 2.05) is 0 Å². The maximum Gasteiger partial charge on any atom is 0.330 e. The van der Waals surface area contributed by atoms with E-state index in [0.29, 0.717) is 17.7 Å². The molecule has 44 heavy (non-hydrogen) atoms. The summed E-state index contributed by atoms with van der Waals surface area (Å²) in [6.45, 7) is 1.10. The first-order chi connectivity index (χ1) is 21.1. The van der Waals surface area contributed by atoms with Gasteiger partial charge in [0.05, 0.1) is 25.0 Å². The zero-order chi connectivity index (χ0) is 32.1. The minimum atomic E-state index is -1.35. The van der Waals surface area contributed by atoms with Crippen LogP contribution >= 0.6 is 0 Å². The zero-order valence-electron chi connectivity index (χ0n) is 24.7. The summed E-state index contributed by atoms with van der Waals surface area (Å²) in [6.07, 6.45) is 8.26. The zero-order valence-corrected chi connectivity index (χ0v) is 24.7. The second-order valence-corrected chi connectivity index (χ2v) is 10.9. The number of nitrogens with one attached hydrogen (secondary N) is 5. The Bertz CT molecular complexity index is 1280. The summed E-state index contributed by atoms with van der Waals surface area (Å²) < 4.78 is 0. The highest BCUT2D eigenvalue weighted by Crippen LogP contribution is 2.25. The summed E-state index contributed by atoms with van der Waals surface area (Å²) in [6, 6.07) is 3.52. The Morgan fingerprint density at radius 1 is 0.977 bits per heavy atom. The average Bonchev–Trinajstić information content (AvgIpc) is 3.55. The number of imidazole rings is 1. The highest BCUT2D eigenvalue weighted by molar-refractivity contribution is 6.38. The normalized spacial score (nSPS) is 16.0. The summed E-state index contributed by atoms with van der Waals surface area (Å²) in [5, 5.41) is 19.3. The predicted molar refractivity (Wildman–Crippen MR) is 159 cm³/mol. The van der Waals surface area contributed by atoms with Crippen LogP contribution in [0.4, 0.5) is 0 Å². The molecule has 8 N–H and O–H groups in total. The minimum absolute atomic E-state index is 0.00778. The Morgan fingerprint density at radius 2 is 1.66 bits per heavy atom. The molecule has 1 fully saturated rings. The highest BCUT2D eigenvalue weighted by atomic mass is 16.4. The predicted octanol–water partition coefficient (Wildman–Crippen LogP) is 0.257. The number of carbonyl (C=O) groups is 6. The van der Waals surface area contributed by atoms with E-state index in [9.17, 15) is 33.9 Å². The van der Waals surface area contributed by atoms with Gasteiger partial charge in [-0.3, -0.25) is 24.0 Å². The number of hydrogen-bond acceptors (Lipinski definition) is 8. The second-order valence-electron chi connectivity index (χ2n) is 10.9. The lowest BCUT2D eigenvalue weighted by molar-refractivity contribution is -0.142. The van der Waals surface area contributed by atoms with Crippen molar-refractivity contribution in [2.45, 2.75) is 82.5 Å².